The van der Waals surface area contributed by atoms with E-state index < -0.39 is 0 Å². The van der Waals surface area contributed by atoms with Crippen molar-refractivity contribution < 1.29 is 9.59 Å². The molecule has 6 heteroatoms. The Morgan fingerprint density at radius 2 is 2.00 bits per heavy atom. The third-order valence-corrected chi connectivity index (χ3v) is 5.93. The van der Waals surface area contributed by atoms with Gasteiger partial charge in [0.25, 0.3) is 11.8 Å². The fraction of sp³-hybridized carbons (Fsp3) is 0.400. The molecule has 1 aliphatic rings. The molecule has 3 rings (SSSR count). The standard InChI is InChI=1S/C20H25N3O2S/c1-12-4-6-16(14(3)8-12)21-11-19(24)22-23-20(25)18-10-15-9-13(2)5-7-17(15)26-18/h4,6,8,10,13,21H,5,7,9,11H2,1-3H3,(H,22,24)(H,23,25)/t13-/m0/s1. The number of rotatable bonds is 4. The first kappa shape index (κ1) is 18.5. The van der Waals surface area contributed by atoms with Crippen molar-refractivity contribution in [2.45, 2.75) is 40.0 Å². The van der Waals surface area contributed by atoms with E-state index in [1.165, 1.54) is 33.8 Å². The fourth-order valence-corrected chi connectivity index (χ4v) is 4.34. The molecule has 2 aromatic rings. The van der Waals surface area contributed by atoms with Gasteiger partial charge in [0.1, 0.15) is 0 Å². The monoisotopic (exact) mass is 371 g/mol. The zero-order valence-corrected chi connectivity index (χ0v) is 16.3. The highest BCUT2D eigenvalue weighted by atomic mass is 32.1. The van der Waals surface area contributed by atoms with Crippen LogP contribution in [0.1, 0.15) is 44.6 Å². The van der Waals surface area contributed by atoms with Gasteiger partial charge in [-0.25, -0.2) is 0 Å². The van der Waals surface area contributed by atoms with Crippen LogP contribution in [0.2, 0.25) is 0 Å². The van der Waals surface area contributed by atoms with E-state index in [9.17, 15) is 9.59 Å². The molecule has 0 saturated heterocycles. The molecule has 2 amide bonds. The van der Waals surface area contributed by atoms with Gasteiger partial charge in [0.05, 0.1) is 11.4 Å². The number of carbonyl (C=O) groups excluding carboxylic acids is 2. The largest absolute Gasteiger partial charge is 0.376 e. The number of hydrogen-bond donors (Lipinski definition) is 3. The fourth-order valence-electron chi connectivity index (χ4n) is 3.24. The summed E-state index contributed by atoms with van der Waals surface area (Å²) >= 11 is 1.53. The number of anilines is 1. The molecule has 26 heavy (non-hydrogen) atoms. The third-order valence-electron chi connectivity index (χ3n) is 4.69. The van der Waals surface area contributed by atoms with E-state index in [-0.39, 0.29) is 18.4 Å². The zero-order chi connectivity index (χ0) is 18.7. The van der Waals surface area contributed by atoms with Crippen molar-refractivity contribution >= 4 is 28.8 Å². The topological polar surface area (TPSA) is 70.2 Å². The van der Waals surface area contributed by atoms with Crippen LogP contribution in [0, 0.1) is 19.8 Å². The molecule has 0 fully saturated rings. The number of carbonyl (C=O) groups is 2. The second-order valence-electron chi connectivity index (χ2n) is 7.08. The summed E-state index contributed by atoms with van der Waals surface area (Å²) in [5.74, 6) is 0.134. The smallest absolute Gasteiger partial charge is 0.279 e. The molecule has 0 spiro atoms. The summed E-state index contributed by atoms with van der Waals surface area (Å²) in [5.41, 5.74) is 9.44. The number of amides is 2. The Balaban J connectivity index is 1.49. The molecular formula is C20H25N3O2S. The highest BCUT2D eigenvalue weighted by molar-refractivity contribution is 7.14. The first-order valence-electron chi connectivity index (χ1n) is 8.94. The van der Waals surface area contributed by atoms with Crippen molar-refractivity contribution in [1.29, 1.82) is 0 Å². The molecule has 138 valence electrons. The lowest BCUT2D eigenvalue weighted by atomic mass is 9.90. The molecule has 0 saturated carbocycles. The molecule has 1 atom stereocenters. The van der Waals surface area contributed by atoms with Crippen LogP contribution in [0.15, 0.2) is 24.3 Å². The first-order valence-corrected chi connectivity index (χ1v) is 9.76. The normalized spacial score (nSPS) is 15.9. The highest BCUT2D eigenvalue weighted by Gasteiger charge is 2.20. The SMILES string of the molecule is Cc1ccc(NCC(=O)NNC(=O)c2cc3c(s2)CC[C@H](C)C3)c(C)c1. The van der Waals surface area contributed by atoms with Crippen molar-refractivity contribution in [2.24, 2.45) is 5.92 Å². The Kier molecular flexibility index (Phi) is 5.61. The van der Waals surface area contributed by atoms with Crippen LogP contribution < -0.4 is 16.2 Å². The molecule has 0 bridgehead atoms. The Hall–Kier alpha value is -2.34. The highest BCUT2D eigenvalue weighted by Crippen LogP contribution is 2.32. The molecule has 5 nitrogen and oxygen atoms in total. The lowest BCUT2D eigenvalue weighted by Gasteiger charge is -2.16. The quantitative estimate of drug-likeness (QED) is 0.722. The van der Waals surface area contributed by atoms with Crippen LogP contribution in [0.5, 0.6) is 0 Å². The Morgan fingerprint density at radius 3 is 2.77 bits per heavy atom. The van der Waals surface area contributed by atoms with Crippen molar-refractivity contribution in [3.05, 3.63) is 50.7 Å². The van der Waals surface area contributed by atoms with Gasteiger partial charge in [0.2, 0.25) is 0 Å². The lowest BCUT2D eigenvalue weighted by molar-refractivity contribution is -0.120. The summed E-state index contributed by atoms with van der Waals surface area (Å²) in [5, 5.41) is 3.09. The van der Waals surface area contributed by atoms with Crippen molar-refractivity contribution in [2.75, 3.05) is 11.9 Å². The van der Waals surface area contributed by atoms with Crippen molar-refractivity contribution in [1.82, 2.24) is 10.9 Å². The molecule has 0 unspecified atom stereocenters. The number of hydrogen-bond acceptors (Lipinski definition) is 4. The van der Waals surface area contributed by atoms with E-state index in [1.807, 2.05) is 32.0 Å². The second kappa shape index (κ2) is 7.91. The maximum atomic E-state index is 12.3. The molecule has 3 N–H and O–H groups in total. The zero-order valence-electron chi connectivity index (χ0n) is 15.4. The molecule has 0 radical (unpaired) electrons. The van der Waals surface area contributed by atoms with E-state index in [4.69, 9.17) is 0 Å². The maximum Gasteiger partial charge on any atom is 0.279 e. The van der Waals surface area contributed by atoms with E-state index in [1.54, 1.807) is 0 Å². The summed E-state index contributed by atoms with van der Waals surface area (Å²) in [6.07, 6.45) is 3.25. The number of hydrazine groups is 1. The Bertz CT molecular complexity index is 828. The summed E-state index contributed by atoms with van der Waals surface area (Å²) in [6, 6.07) is 7.97. The maximum absolute atomic E-state index is 12.3. The summed E-state index contributed by atoms with van der Waals surface area (Å²) in [4.78, 5) is 26.2. The number of fused-ring (bicyclic) bond motifs is 1. The minimum atomic E-state index is -0.284. The van der Waals surface area contributed by atoms with Gasteiger partial charge < -0.3 is 5.32 Å². The molecule has 0 aliphatic heterocycles. The van der Waals surface area contributed by atoms with Crippen molar-refractivity contribution in [3.63, 3.8) is 0 Å². The number of nitrogens with one attached hydrogen (secondary N) is 3. The Labute approximate surface area is 158 Å². The van der Waals surface area contributed by atoms with E-state index in [2.05, 4.69) is 29.2 Å². The molecule has 1 heterocycles. The van der Waals surface area contributed by atoms with Gasteiger partial charge in [0, 0.05) is 10.6 Å². The van der Waals surface area contributed by atoms with Gasteiger partial charge in [0.15, 0.2) is 0 Å². The minimum Gasteiger partial charge on any atom is -0.376 e. The van der Waals surface area contributed by atoms with E-state index in [0.29, 0.717) is 10.8 Å². The minimum absolute atomic E-state index is 0.0998. The molecule has 1 aromatic carbocycles. The average molecular weight is 372 g/mol. The van der Waals surface area contributed by atoms with Crippen LogP contribution in [0.3, 0.4) is 0 Å². The predicted octanol–water partition coefficient (Wildman–Crippen LogP) is 3.36. The summed E-state index contributed by atoms with van der Waals surface area (Å²) in [6.45, 7) is 6.36. The summed E-state index contributed by atoms with van der Waals surface area (Å²) < 4.78 is 0. The number of benzene rings is 1. The van der Waals surface area contributed by atoms with Gasteiger partial charge in [-0.1, -0.05) is 24.6 Å². The van der Waals surface area contributed by atoms with Gasteiger partial charge in [-0.3, -0.25) is 20.4 Å². The molecular weight excluding hydrogens is 346 g/mol. The second-order valence-corrected chi connectivity index (χ2v) is 8.22. The third kappa shape index (κ3) is 4.43. The Morgan fingerprint density at radius 1 is 1.19 bits per heavy atom. The van der Waals surface area contributed by atoms with Crippen LogP contribution in [0.4, 0.5) is 5.69 Å². The van der Waals surface area contributed by atoms with Gasteiger partial charge >= 0.3 is 0 Å². The first-order chi connectivity index (χ1) is 12.4. The van der Waals surface area contributed by atoms with Gasteiger partial charge in [-0.05, 0) is 62.3 Å². The predicted molar refractivity (Wildman–Crippen MR) is 106 cm³/mol. The van der Waals surface area contributed by atoms with Crippen LogP contribution in [-0.4, -0.2) is 18.4 Å². The van der Waals surface area contributed by atoms with Crippen molar-refractivity contribution in [3.8, 4) is 0 Å². The molecule has 1 aromatic heterocycles. The van der Waals surface area contributed by atoms with Crippen LogP contribution in [0.25, 0.3) is 0 Å². The average Bonchev–Trinajstić information content (AvgIpc) is 3.02. The van der Waals surface area contributed by atoms with E-state index >= 15 is 0 Å². The van der Waals surface area contributed by atoms with Gasteiger partial charge in [-0.2, -0.15) is 0 Å². The number of aryl methyl sites for hydroxylation is 3. The number of thiophene rings is 1. The lowest BCUT2D eigenvalue weighted by Crippen LogP contribution is -2.43. The van der Waals surface area contributed by atoms with E-state index in [0.717, 1.165) is 24.1 Å². The van der Waals surface area contributed by atoms with Crippen LogP contribution >= 0.6 is 11.3 Å². The summed E-state index contributed by atoms with van der Waals surface area (Å²) in [7, 11) is 0. The van der Waals surface area contributed by atoms with Gasteiger partial charge in [-0.15, -0.1) is 11.3 Å². The molecule has 1 aliphatic carbocycles. The van der Waals surface area contributed by atoms with Crippen LogP contribution in [-0.2, 0) is 17.6 Å².